The van der Waals surface area contributed by atoms with Crippen molar-refractivity contribution in [2.75, 3.05) is 0 Å². The molecule has 2 rings (SSSR count). The number of rotatable bonds is 3. The van der Waals surface area contributed by atoms with Gasteiger partial charge in [-0.05, 0) is 30.5 Å². The van der Waals surface area contributed by atoms with E-state index in [4.69, 9.17) is 10.5 Å². The van der Waals surface area contributed by atoms with Crippen LogP contribution in [0.15, 0.2) is 28.7 Å². The SMILES string of the molecule is NC1(C(=O)OCc2ccc(Br)cc2)CCCC1. The Morgan fingerprint density at radius 3 is 2.47 bits per heavy atom. The van der Waals surface area contributed by atoms with E-state index in [1.807, 2.05) is 24.3 Å². The molecule has 0 aromatic heterocycles. The summed E-state index contributed by atoms with van der Waals surface area (Å²) in [6.07, 6.45) is 3.52. The third-order valence-corrected chi connectivity index (χ3v) is 3.71. The predicted octanol–water partition coefficient (Wildman–Crippen LogP) is 2.76. The van der Waals surface area contributed by atoms with Gasteiger partial charge in [0.2, 0.25) is 0 Å². The Kier molecular flexibility index (Phi) is 3.84. The lowest BCUT2D eigenvalue weighted by atomic mass is 10.00. The van der Waals surface area contributed by atoms with Crippen molar-refractivity contribution in [3.63, 3.8) is 0 Å². The Bertz CT molecular complexity index is 396. The zero-order valence-corrected chi connectivity index (χ0v) is 11.2. The summed E-state index contributed by atoms with van der Waals surface area (Å²) in [7, 11) is 0. The average molecular weight is 298 g/mol. The summed E-state index contributed by atoms with van der Waals surface area (Å²) in [4.78, 5) is 11.9. The van der Waals surface area contributed by atoms with E-state index in [1.54, 1.807) is 0 Å². The second kappa shape index (κ2) is 5.19. The maximum Gasteiger partial charge on any atom is 0.326 e. The summed E-state index contributed by atoms with van der Waals surface area (Å²) in [5.41, 5.74) is 6.24. The van der Waals surface area contributed by atoms with Crippen LogP contribution in [-0.2, 0) is 16.1 Å². The van der Waals surface area contributed by atoms with Crippen LogP contribution in [-0.4, -0.2) is 11.5 Å². The smallest absolute Gasteiger partial charge is 0.326 e. The number of carbonyl (C=O) groups is 1. The van der Waals surface area contributed by atoms with Gasteiger partial charge in [0.15, 0.2) is 0 Å². The third-order valence-electron chi connectivity index (χ3n) is 3.19. The Hall–Kier alpha value is -0.870. The number of ether oxygens (including phenoxy) is 1. The minimum absolute atomic E-state index is 0.266. The molecule has 1 aromatic carbocycles. The molecular weight excluding hydrogens is 282 g/mol. The number of esters is 1. The zero-order chi connectivity index (χ0) is 12.3. The fourth-order valence-corrected chi connectivity index (χ4v) is 2.35. The largest absolute Gasteiger partial charge is 0.459 e. The van der Waals surface area contributed by atoms with Crippen LogP contribution in [0.1, 0.15) is 31.2 Å². The number of hydrogen-bond acceptors (Lipinski definition) is 3. The van der Waals surface area contributed by atoms with Crippen molar-refractivity contribution in [3.8, 4) is 0 Å². The van der Waals surface area contributed by atoms with E-state index in [1.165, 1.54) is 0 Å². The molecule has 0 atom stereocenters. The molecule has 1 fully saturated rings. The van der Waals surface area contributed by atoms with Crippen LogP contribution < -0.4 is 5.73 Å². The highest BCUT2D eigenvalue weighted by atomic mass is 79.9. The number of carbonyl (C=O) groups excluding carboxylic acids is 1. The van der Waals surface area contributed by atoms with Crippen molar-refractivity contribution >= 4 is 21.9 Å². The number of nitrogens with two attached hydrogens (primary N) is 1. The van der Waals surface area contributed by atoms with E-state index in [0.717, 1.165) is 35.7 Å². The van der Waals surface area contributed by atoms with E-state index in [2.05, 4.69) is 15.9 Å². The molecule has 1 aromatic rings. The molecule has 0 saturated heterocycles. The van der Waals surface area contributed by atoms with E-state index in [0.29, 0.717) is 6.61 Å². The minimum Gasteiger partial charge on any atom is -0.459 e. The molecule has 2 N–H and O–H groups in total. The first-order chi connectivity index (χ1) is 8.10. The Labute approximate surface area is 109 Å². The normalized spacial score (nSPS) is 18.0. The topological polar surface area (TPSA) is 52.3 Å². The molecule has 4 heteroatoms. The van der Waals surface area contributed by atoms with Crippen molar-refractivity contribution in [2.24, 2.45) is 5.73 Å². The van der Waals surface area contributed by atoms with Crippen LogP contribution in [0.4, 0.5) is 0 Å². The lowest BCUT2D eigenvalue weighted by molar-refractivity contribution is -0.151. The maximum absolute atomic E-state index is 11.9. The van der Waals surface area contributed by atoms with E-state index in [-0.39, 0.29) is 5.97 Å². The van der Waals surface area contributed by atoms with Crippen molar-refractivity contribution in [3.05, 3.63) is 34.3 Å². The lowest BCUT2D eigenvalue weighted by Gasteiger charge is -2.21. The molecule has 1 saturated carbocycles. The second-order valence-electron chi connectivity index (χ2n) is 4.57. The summed E-state index contributed by atoms with van der Waals surface area (Å²) in [5.74, 6) is -0.266. The van der Waals surface area contributed by atoms with Crippen LogP contribution in [0.3, 0.4) is 0 Å². The van der Waals surface area contributed by atoms with Gasteiger partial charge in [-0.25, -0.2) is 0 Å². The molecule has 1 aliphatic carbocycles. The highest BCUT2D eigenvalue weighted by Crippen LogP contribution is 2.28. The van der Waals surface area contributed by atoms with Gasteiger partial charge >= 0.3 is 5.97 Å². The molecule has 0 unspecified atom stereocenters. The number of hydrogen-bond donors (Lipinski definition) is 1. The van der Waals surface area contributed by atoms with E-state index >= 15 is 0 Å². The van der Waals surface area contributed by atoms with Gasteiger partial charge in [0.25, 0.3) is 0 Å². The van der Waals surface area contributed by atoms with Gasteiger partial charge in [0, 0.05) is 4.47 Å². The van der Waals surface area contributed by atoms with Crippen LogP contribution in [0.25, 0.3) is 0 Å². The molecular formula is C13H16BrNO2. The van der Waals surface area contributed by atoms with Crippen LogP contribution in [0.2, 0.25) is 0 Å². The minimum atomic E-state index is -0.741. The van der Waals surface area contributed by atoms with Gasteiger partial charge in [0.1, 0.15) is 12.1 Å². The molecule has 0 bridgehead atoms. The fourth-order valence-electron chi connectivity index (χ4n) is 2.08. The molecule has 17 heavy (non-hydrogen) atoms. The van der Waals surface area contributed by atoms with E-state index < -0.39 is 5.54 Å². The van der Waals surface area contributed by atoms with Crippen LogP contribution in [0, 0.1) is 0 Å². The monoisotopic (exact) mass is 297 g/mol. The van der Waals surface area contributed by atoms with Crippen molar-refractivity contribution in [2.45, 2.75) is 37.8 Å². The van der Waals surface area contributed by atoms with E-state index in [9.17, 15) is 4.79 Å². The zero-order valence-electron chi connectivity index (χ0n) is 9.62. The lowest BCUT2D eigenvalue weighted by Crippen LogP contribution is -2.46. The maximum atomic E-state index is 11.9. The summed E-state index contributed by atoms with van der Waals surface area (Å²) in [6, 6.07) is 7.71. The average Bonchev–Trinajstić information content (AvgIpc) is 2.76. The molecule has 0 amide bonds. The van der Waals surface area contributed by atoms with Crippen molar-refractivity contribution in [1.82, 2.24) is 0 Å². The van der Waals surface area contributed by atoms with Gasteiger partial charge in [-0.15, -0.1) is 0 Å². The van der Waals surface area contributed by atoms with Gasteiger partial charge < -0.3 is 10.5 Å². The second-order valence-corrected chi connectivity index (χ2v) is 5.48. The Morgan fingerprint density at radius 1 is 1.29 bits per heavy atom. The molecule has 0 spiro atoms. The van der Waals surface area contributed by atoms with Gasteiger partial charge in [0.05, 0.1) is 0 Å². The summed E-state index contributed by atoms with van der Waals surface area (Å²) >= 11 is 3.36. The quantitative estimate of drug-likeness (QED) is 0.873. The number of halogens is 1. The molecule has 92 valence electrons. The molecule has 0 heterocycles. The molecule has 0 radical (unpaired) electrons. The van der Waals surface area contributed by atoms with Crippen molar-refractivity contribution in [1.29, 1.82) is 0 Å². The highest BCUT2D eigenvalue weighted by Gasteiger charge is 2.38. The summed E-state index contributed by atoms with van der Waals surface area (Å²) in [6.45, 7) is 0.297. The van der Waals surface area contributed by atoms with Gasteiger partial charge in [-0.1, -0.05) is 40.9 Å². The van der Waals surface area contributed by atoms with Gasteiger partial charge in [-0.2, -0.15) is 0 Å². The summed E-state index contributed by atoms with van der Waals surface area (Å²) in [5, 5.41) is 0. The first-order valence-corrected chi connectivity index (χ1v) is 6.60. The standard InChI is InChI=1S/C13H16BrNO2/c14-11-5-3-10(4-6-11)9-17-12(16)13(15)7-1-2-8-13/h3-6H,1-2,7-9,15H2. The fraction of sp³-hybridized carbons (Fsp3) is 0.462. The predicted molar refractivity (Wildman–Crippen MR) is 69.3 cm³/mol. The number of benzene rings is 1. The third kappa shape index (κ3) is 3.07. The molecule has 1 aliphatic rings. The van der Waals surface area contributed by atoms with Crippen LogP contribution >= 0.6 is 15.9 Å². The molecule has 3 nitrogen and oxygen atoms in total. The Balaban J connectivity index is 1.89. The van der Waals surface area contributed by atoms with Crippen molar-refractivity contribution < 1.29 is 9.53 Å². The first kappa shape index (κ1) is 12.6. The highest BCUT2D eigenvalue weighted by molar-refractivity contribution is 9.10. The Morgan fingerprint density at radius 2 is 1.88 bits per heavy atom. The first-order valence-electron chi connectivity index (χ1n) is 5.81. The van der Waals surface area contributed by atoms with Crippen LogP contribution in [0.5, 0.6) is 0 Å². The molecule has 0 aliphatic heterocycles. The summed E-state index contributed by atoms with van der Waals surface area (Å²) < 4.78 is 6.29. The van der Waals surface area contributed by atoms with Gasteiger partial charge in [-0.3, -0.25) is 4.79 Å².